The Morgan fingerprint density at radius 3 is 2.70 bits per heavy atom. The van der Waals surface area contributed by atoms with E-state index in [1.165, 1.54) is 0 Å². The summed E-state index contributed by atoms with van der Waals surface area (Å²) in [5.41, 5.74) is 1.02. The van der Waals surface area contributed by atoms with Crippen molar-refractivity contribution in [1.82, 2.24) is 4.90 Å². The van der Waals surface area contributed by atoms with Crippen LogP contribution in [0.3, 0.4) is 0 Å². The van der Waals surface area contributed by atoms with Crippen LogP contribution in [0.1, 0.15) is 18.4 Å². The molecule has 1 aliphatic heterocycles. The lowest BCUT2D eigenvalue weighted by Gasteiger charge is -2.31. The third-order valence-corrected chi connectivity index (χ3v) is 4.21. The monoisotopic (exact) mass is 345 g/mol. The highest BCUT2D eigenvalue weighted by atomic mass is 79.9. The molecule has 0 bridgehead atoms. The number of piperidine rings is 1. The standard InChI is InChI=1S/C15H21BrFNO2/c1-19-8-9-20-13-4-6-18(7-5-13)11-12-2-3-14(16)15(17)10-12/h2-3,10,13H,4-9,11H2,1H3. The maximum Gasteiger partial charge on any atom is 0.137 e. The topological polar surface area (TPSA) is 21.7 Å². The fourth-order valence-electron chi connectivity index (χ4n) is 2.43. The molecular formula is C15H21BrFNO2. The Balaban J connectivity index is 1.75. The van der Waals surface area contributed by atoms with Gasteiger partial charge in [-0.05, 0) is 46.5 Å². The summed E-state index contributed by atoms with van der Waals surface area (Å²) >= 11 is 3.18. The number of rotatable bonds is 6. The maximum atomic E-state index is 13.5. The van der Waals surface area contributed by atoms with Gasteiger partial charge in [-0.3, -0.25) is 4.90 Å². The summed E-state index contributed by atoms with van der Waals surface area (Å²) in [6.45, 7) is 4.11. The van der Waals surface area contributed by atoms with Crippen LogP contribution in [-0.4, -0.2) is 44.4 Å². The van der Waals surface area contributed by atoms with E-state index in [0.717, 1.165) is 38.0 Å². The minimum absolute atomic E-state index is 0.194. The van der Waals surface area contributed by atoms with Gasteiger partial charge >= 0.3 is 0 Å². The summed E-state index contributed by atoms with van der Waals surface area (Å²) < 4.78 is 24.7. The fourth-order valence-corrected chi connectivity index (χ4v) is 2.67. The van der Waals surface area contributed by atoms with E-state index in [0.29, 0.717) is 23.8 Å². The number of methoxy groups -OCH3 is 1. The second-order valence-electron chi connectivity index (χ2n) is 5.09. The molecule has 112 valence electrons. The molecule has 0 spiro atoms. The van der Waals surface area contributed by atoms with Crippen LogP contribution in [0.4, 0.5) is 4.39 Å². The van der Waals surface area contributed by atoms with Crippen LogP contribution in [0, 0.1) is 5.82 Å². The number of hydrogen-bond acceptors (Lipinski definition) is 3. The molecule has 1 heterocycles. The quantitative estimate of drug-likeness (QED) is 0.739. The first-order valence-corrected chi connectivity index (χ1v) is 7.75. The molecule has 5 heteroatoms. The van der Waals surface area contributed by atoms with Crippen LogP contribution in [-0.2, 0) is 16.0 Å². The molecule has 0 aromatic heterocycles. The first kappa shape index (κ1) is 15.9. The highest BCUT2D eigenvalue weighted by molar-refractivity contribution is 9.10. The average Bonchev–Trinajstić information content (AvgIpc) is 2.45. The van der Waals surface area contributed by atoms with E-state index in [4.69, 9.17) is 9.47 Å². The fraction of sp³-hybridized carbons (Fsp3) is 0.600. The summed E-state index contributed by atoms with van der Waals surface area (Å²) in [5, 5.41) is 0. The molecule has 1 aromatic carbocycles. The van der Waals surface area contributed by atoms with E-state index in [9.17, 15) is 4.39 Å². The van der Waals surface area contributed by atoms with Crippen LogP contribution in [0.2, 0.25) is 0 Å². The molecule has 2 rings (SSSR count). The van der Waals surface area contributed by atoms with Gasteiger partial charge in [0, 0.05) is 26.7 Å². The number of ether oxygens (including phenoxy) is 2. The molecule has 0 N–H and O–H groups in total. The molecule has 3 nitrogen and oxygen atoms in total. The van der Waals surface area contributed by atoms with Gasteiger partial charge in [0.2, 0.25) is 0 Å². The minimum atomic E-state index is -0.194. The average molecular weight is 346 g/mol. The smallest absolute Gasteiger partial charge is 0.137 e. The zero-order valence-electron chi connectivity index (χ0n) is 11.8. The normalized spacial score (nSPS) is 17.6. The van der Waals surface area contributed by atoms with Crippen LogP contribution in [0.15, 0.2) is 22.7 Å². The van der Waals surface area contributed by atoms with Gasteiger partial charge in [0.25, 0.3) is 0 Å². The molecular weight excluding hydrogens is 325 g/mol. The molecule has 1 aliphatic rings. The highest BCUT2D eigenvalue weighted by Gasteiger charge is 2.19. The molecule has 1 saturated heterocycles. The van der Waals surface area contributed by atoms with Crippen LogP contribution in [0.25, 0.3) is 0 Å². The van der Waals surface area contributed by atoms with Gasteiger partial charge in [0.1, 0.15) is 5.82 Å². The Bertz CT molecular complexity index is 422. The molecule has 0 radical (unpaired) electrons. The van der Waals surface area contributed by atoms with Crippen molar-refractivity contribution >= 4 is 15.9 Å². The Morgan fingerprint density at radius 1 is 1.30 bits per heavy atom. The van der Waals surface area contributed by atoms with E-state index >= 15 is 0 Å². The molecule has 0 amide bonds. The third-order valence-electron chi connectivity index (χ3n) is 3.57. The van der Waals surface area contributed by atoms with Gasteiger partial charge in [-0.2, -0.15) is 0 Å². The predicted molar refractivity (Wildman–Crippen MR) is 80.2 cm³/mol. The Kier molecular flexibility index (Phi) is 6.42. The lowest BCUT2D eigenvalue weighted by molar-refractivity contribution is -0.0158. The zero-order chi connectivity index (χ0) is 14.4. The van der Waals surface area contributed by atoms with E-state index in [-0.39, 0.29) is 5.82 Å². The molecule has 1 fully saturated rings. The number of nitrogens with zero attached hydrogens (tertiary/aromatic N) is 1. The Morgan fingerprint density at radius 2 is 2.05 bits per heavy atom. The van der Waals surface area contributed by atoms with Gasteiger partial charge in [0.05, 0.1) is 23.8 Å². The van der Waals surface area contributed by atoms with Crippen molar-refractivity contribution in [1.29, 1.82) is 0 Å². The number of likely N-dealkylation sites (tertiary alicyclic amines) is 1. The molecule has 1 aromatic rings. The highest BCUT2D eigenvalue weighted by Crippen LogP contribution is 2.20. The van der Waals surface area contributed by atoms with Crippen molar-refractivity contribution in [2.24, 2.45) is 0 Å². The summed E-state index contributed by atoms with van der Waals surface area (Å²) in [5.74, 6) is -0.194. The lowest BCUT2D eigenvalue weighted by atomic mass is 10.1. The van der Waals surface area contributed by atoms with E-state index in [1.807, 2.05) is 6.07 Å². The number of hydrogen-bond donors (Lipinski definition) is 0. The summed E-state index contributed by atoms with van der Waals surface area (Å²) in [6.07, 6.45) is 2.40. The van der Waals surface area contributed by atoms with Crippen LogP contribution in [0.5, 0.6) is 0 Å². The third kappa shape index (κ3) is 4.81. The van der Waals surface area contributed by atoms with Crippen molar-refractivity contribution in [3.63, 3.8) is 0 Å². The molecule has 0 atom stereocenters. The summed E-state index contributed by atoms with van der Waals surface area (Å²) in [6, 6.07) is 5.34. The Labute approximate surface area is 128 Å². The molecule has 0 aliphatic carbocycles. The Hall–Kier alpha value is -0.490. The maximum absolute atomic E-state index is 13.5. The SMILES string of the molecule is COCCOC1CCN(Cc2ccc(Br)c(F)c2)CC1. The van der Waals surface area contributed by atoms with Gasteiger partial charge in [-0.1, -0.05) is 6.07 Å². The van der Waals surface area contributed by atoms with Gasteiger partial charge < -0.3 is 9.47 Å². The van der Waals surface area contributed by atoms with Crippen molar-refractivity contribution in [2.75, 3.05) is 33.4 Å². The summed E-state index contributed by atoms with van der Waals surface area (Å²) in [7, 11) is 1.68. The van der Waals surface area contributed by atoms with Crippen molar-refractivity contribution in [3.05, 3.63) is 34.1 Å². The van der Waals surface area contributed by atoms with E-state index in [2.05, 4.69) is 20.8 Å². The van der Waals surface area contributed by atoms with Crippen molar-refractivity contribution in [3.8, 4) is 0 Å². The first-order valence-electron chi connectivity index (χ1n) is 6.96. The van der Waals surface area contributed by atoms with E-state index in [1.54, 1.807) is 19.2 Å². The van der Waals surface area contributed by atoms with Gasteiger partial charge in [-0.15, -0.1) is 0 Å². The largest absolute Gasteiger partial charge is 0.382 e. The second-order valence-corrected chi connectivity index (χ2v) is 5.94. The van der Waals surface area contributed by atoms with E-state index < -0.39 is 0 Å². The predicted octanol–water partition coefficient (Wildman–Crippen LogP) is 3.22. The number of benzene rings is 1. The zero-order valence-corrected chi connectivity index (χ0v) is 13.4. The van der Waals surface area contributed by atoms with Gasteiger partial charge in [0.15, 0.2) is 0 Å². The molecule has 0 unspecified atom stereocenters. The molecule has 20 heavy (non-hydrogen) atoms. The number of halogens is 2. The second kappa shape index (κ2) is 8.08. The first-order chi connectivity index (χ1) is 9.69. The van der Waals surface area contributed by atoms with Crippen molar-refractivity contribution < 1.29 is 13.9 Å². The summed E-state index contributed by atoms with van der Waals surface area (Å²) in [4.78, 5) is 2.35. The van der Waals surface area contributed by atoms with Crippen LogP contribution < -0.4 is 0 Å². The van der Waals surface area contributed by atoms with Crippen LogP contribution >= 0.6 is 15.9 Å². The van der Waals surface area contributed by atoms with Crippen molar-refractivity contribution in [2.45, 2.75) is 25.5 Å². The molecule has 0 saturated carbocycles. The lowest BCUT2D eigenvalue weighted by Crippen LogP contribution is -2.36. The van der Waals surface area contributed by atoms with Gasteiger partial charge in [-0.25, -0.2) is 4.39 Å². The minimum Gasteiger partial charge on any atom is -0.382 e.